The van der Waals surface area contributed by atoms with Crippen molar-refractivity contribution in [2.75, 3.05) is 25.0 Å². The molecule has 1 fully saturated rings. The van der Waals surface area contributed by atoms with Crippen molar-refractivity contribution in [2.24, 2.45) is 11.7 Å². The van der Waals surface area contributed by atoms with Crippen LogP contribution in [0.5, 0.6) is 0 Å². The average Bonchev–Trinajstić information content (AvgIpc) is 2.38. The van der Waals surface area contributed by atoms with E-state index in [0.717, 1.165) is 19.4 Å². The maximum Gasteiger partial charge on any atom is 0.238 e. The number of anilines is 1. The molecule has 21 heavy (non-hydrogen) atoms. The number of piperidine rings is 1. The Labute approximate surface area is 131 Å². The van der Waals surface area contributed by atoms with Crippen LogP contribution in [0.2, 0.25) is 0 Å². The third-order valence-corrected chi connectivity index (χ3v) is 3.93. The lowest BCUT2D eigenvalue weighted by Gasteiger charge is -2.38. The molecule has 1 aromatic rings. The first-order valence-corrected chi connectivity index (χ1v) is 7.09. The van der Waals surface area contributed by atoms with Gasteiger partial charge in [-0.25, -0.2) is 4.39 Å². The molecule has 0 bridgehead atoms. The maximum atomic E-state index is 13.1. The zero-order valence-electron chi connectivity index (χ0n) is 12.2. The monoisotopic (exact) mass is 315 g/mol. The van der Waals surface area contributed by atoms with Crippen LogP contribution in [-0.4, -0.2) is 36.5 Å². The first-order valence-electron chi connectivity index (χ1n) is 7.09. The largest absolute Gasteiger partial charge is 0.329 e. The highest BCUT2D eigenvalue weighted by atomic mass is 35.5. The second kappa shape index (κ2) is 8.32. The van der Waals surface area contributed by atoms with E-state index in [1.807, 2.05) is 0 Å². The van der Waals surface area contributed by atoms with Crippen LogP contribution in [0.4, 0.5) is 10.1 Å². The molecule has 6 heteroatoms. The van der Waals surface area contributed by atoms with Gasteiger partial charge in [-0.15, -0.1) is 12.4 Å². The van der Waals surface area contributed by atoms with Gasteiger partial charge in [-0.3, -0.25) is 9.69 Å². The van der Waals surface area contributed by atoms with Gasteiger partial charge in [0.15, 0.2) is 0 Å². The average molecular weight is 316 g/mol. The molecule has 118 valence electrons. The summed E-state index contributed by atoms with van der Waals surface area (Å²) in [4.78, 5) is 14.2. The van der Waals surface area contributed by atoms with Gasteiger partial charge in [-0.1, -0.05) is 13.0 Å². The molecule has 1 saturated heterocycles. The van der Waals surface area contributed by atoms with Crippen LogP contribution >= 0.6 is 12.4 Å². The number of hydrogen-bond acceptors (Lipinski definition) is 3. The van der Waals surface area contributed by atoms with Gasteiger partial charge in [0.25, 0.3) is 0 Å². The van der Waals surface area contributed by atoms with Crippen LogP contribution < -0.4 is 11.1 Å². The summed E-state index contributed by atoms with van der Waals surface area (Å²) in [5.41, 5.74) is 6.30. The van der Waals surface area contributed by atoms with E-state index in [9.17, 15) is 9.18 Å². The second-order valence-corrected chi connectivity index (χ2v) is 5.45. The Bertz CT molecular complexity index is 472. The lowest BCUT2D eigenvalue weighted by Crippen LogP contribution is -2.51. The highest BCUT2D eigenvalue weighted by Gasteiger charge is 2.28. The topological polar surface area (TPSA) is 58.4 Å². The highest BCUT2D eigenvalue weighted by Crippen LogP contribution is 2.22. The molecule has 0 aliphatic carbocycles. The number of carbonyl (C=O) groups is 1. The highest BCUT2D eigenvalue weighted by molar-refractivity contribution is 5.92. The van der Waals surface area contributed by atoms with Crippen molar-refractivity contribution in [3.05, 3.63) is 30.1 Å². The van der Waals surface area contributed by atoms with E-state index in [1.165, 1.54) is 12.1 Å². The van der Waals surface area contributed by atoms with Crippen molar-refractivity contribution in [2.45, 2.75) is 25.8 Å². The second-order valence-electron chi connectivity index (χ2n) is 5.45. The third-order valence-electron chi connectivity index (χ3n) is 3.93. The zero-order valence-corrected chi connectivity index (χ0v) is 13.0. The maximum absolute atomic E-state index is 13.1. The van der Waals surface area contributed by atoms with Crippen LogP contribution in [0.3, 0.4) is 0 Å². The molecule has 2 unspecified atom stereocenters. The van der Waals surface area contributed by atoms with Gasteiger partial charge in [0.1, 0.15) is 5.82 Å². The number of nitrogens with two attached hydrogens (primary N) is 1. The Morgan fingerprint density at radius 2 is 2.29 bits per heavy atom. The molecule has 1 amide bonds. The molecular weight excluding hydrogens is 293 g/mol. The van der Waals surface area contributed by atoms with Crippen LogP contribution in [0.25, 0.3) is 0 Å². The van der Waals surface area contributed by atoms with Crippen molar-refractivity contribution in [3.63, 3.8) is 0 Å². The Hall–Kier alpha value is -1.17. The number of hydrogen-bond donors (Lipinski definition) is 2. The van der Waals surface area contributed by atoms with E-state index in [-0.39, 0.29) is 30.2 Å². The standard InChI is InChI=1S/C15H22FN3O.ClH/c1-11-4-3-7-19(14(11)9-17)10-15(20)18-13-6-2-5-12(16)8-13;/h2,5-6,8,11,14H,3-4,7,9-10,17H2,1H3,(H,18,20);1H. The molecule has 2 atom stereocenters. The Morgan fingerprint density at radius 3 is 2.95 bits per heavy atom. The van der Waals surface area contributed by atoms with Crippen molar-refractivity contribution in [1.82, 2.24) is 4.90 Å². The summed E-state index contributed by atoms with van der Waals surface area (Å²) in [5, 5.41) is 2.73. The molecule has 0 aromatic heterocycles. The molecule has 2 rings (SSSR count). The van der Waals surface area contributed by atoms with Crippen molar-refractivity contribution in [3.8, 4) is 0 Å². The molecule has 0 radical (unpaired) electrons. The van der Waals surface area contributed by atoms with Gasteiger partial charge >= 0.3 is 0 Å². The van der Waals surface area contributed by atoms with Crippen LogP contribution in [0.15, 0.2) is 24.3 Å². The molecule has 1 heterocycles. The number of nitrogens with one attached hydrogen (secondary N) is 1. The molecule has 4 nitrogen and oxygen atoms in total. The summed E-state index contributed by atoms with van der Waals surface area (Å²) in [6.07, 6.45) is 2.24. The Morgan fingerprint density at radius 1 is 1.52 bits per heavy atom. The molecule has 0 saturated carbocycles. The van der Waals surface area contributed by atoms with E-state index >= 15 is 0 Å². The molecule has 0 spiro atoms. The number of benzene rings is 1. The summed E-state index contributed by atoms with van der Waals surface area (Å²) in [5.74, 6) is 0.0353. The fraction of sp³-hybridized carbons (Fsp3) is 0.533. The van der Waals surface area contributed by atoms with Gasteiger partial charge in [0.2, 0.25) is 5.91 Å². The van der Waals surface area contributed by atoms with Gasteiger partial charge in [0.05, 0.1) is 6.54 Å². The number of amides is 1. The molecular formula is C15H23ClFN3O. The number of likely N-dealkylation sites (tertiary alicyclic amines) is 1. The van der Waals surface area contributed by atoms with Crippen LogP contribution in [-0.2, 0) is 4.79 Å². The van der Waals surface area contributed by atoms with E-state index in [2.05, 4.69) is 17.1 Å². The van der Waals surface area contributed by atoms with E-state index in [0.29, 0.717) is 24.7 Å². The molecule has 1 aliphatic heterocycles. The minimum atomic E-state index is -0.353. The van der Waals surface area contributed by atoms with Crippen molar-refractivity contribution < 1.29 is 9.18 Å². The lowest BCUT2D eigenvalue weighted by molar-refractivity contribution is -0.118. The first kappa shape index (κ1) is 17.9. The third kappa shape index (κ3) is 4.95. The lowest BCUT2D eigenvalue weighted by atomic mass is 9.91. The fourth-order valence-corrected chi connectivity index (χ4v) is 2.86. The van der Waals surface area contributed by atoms with E-state index < -0.39 is 0 Å². The number of carbonyl (C=O) groups excluding carboxylic acids is 1. The summed E-state index contributed by atoms with van der Waals surface area (Å²) >= 11 is 0. The number of nitrogens with zero attached hydrogens (tertiary/aromatic N) is 1. The Kier molecular flexibility index (Phi) is 7.08. The van der Waals surface area contributed by atoms with Gasteiger partial charge < -0.3 is 11.1 Å². The van der Waals surface area contributed by atoms with Gasteiger partial charge in [-0.2, -0.15) is 0 Å². The smallest absolute Gasteiger partial charge is 0.238 e. The fourth-order valence-electron chi connectivity index (χ4n) is 2.86. The predicted molar refractivity (Wildman–Crippen MR) is 85.1 cm³/mol. The van der Waals surface area contributed by atoms with Crippen LogP contribution in [0.1, 0.15) is 19.8 Å². The summed E-state index contributed by atoms with van der Waals surface area (Å²) in [7, 11) is 0. The summed E-state index contributed by atoms with van der Waals surface area (Å²) in [6, 6.07) is 6.18. The number of rotatable bonds is 4. The normalized spacial score (nSPS) is 22.4. The van der Waals surface area contributed by atoms with Gasteiger partial charge in [0, 0.05) is 18.3 Å². The number of halogens is 2. The summed E-state index contributed by atoms with van der Waals surface area (Å²) < 4.78 is 13.1. The van der Waals surface area contributed by atoms with Crippen molar-refractivity contribution in [1.29, 1.82) is 0 Å². The van der Waals surface area contributed by atoms with Crippen molar-refractivity contribution >= 4 is 24.0 Å². The van der Waals surface area contributed by atoms with Gasteiger partial charge in [-0.05, 0) is 43.5 Å². The zero-order chi connectivity index (χ0) is 14.5. The first-order chi connectivity index (χ1) is 9.60. The molecule has 1 aliphatic rings. The SMILES string of the molecule is CC1CCCN(CC(=O)Nc2cccc(F)c2)C1CN.Cl. The minimum Gasteiger partial charge on any atom is -0.329 e. The quantitative estimate of drug-likeness (QED) is 0.896. The molecule has 1 aromatic carbocycles. The van der Waals surface area contributed by atoms with E-state index in [1.54, 1.807) is 12.1 Å². The Balaban J connectivity index is 0.00000220. The predicted octanol–water partition coefficient (Wildman–Crippen LogP) is 2.25. The minimum absolute atomic E-state index is 0. The van der Waals surface area contributed by atoms with Crippen LogP contribution in [0, 0.1) is 11.7 Å². The molecule has 3 N–H and O–H groups in total. The summed E-state index contributed by atoms with van der Waals surface area (Å²) in [6.45, 7) is 3.94. The van der Waals surface area contributed by atoms with E-state index in [4.69, 9.17) is 5.73 Å².